The summed E-state index contributed by atoms with van der Waals surface area (Å²) in [5.74, 6) is 1.48. The molecule has 0 radical (unpaired) electrons. The number of urea groups is 1. The lowest BCUT2D eigenvalue weighted by Gasteiger charge is -2.28. The van der Waals surface area contributed by atoms with Crippen molar-refractivity contribution in [1.82, 2.24) is 20.2 Å². The van der Waals surface area contributed by atoms with Gasteiger partial charge < -0.3 is 25.3 Å². The predicted molar refractivity (Wildman–Crippen MR) is 120 cm³/mol. The minimum Gasteiger partial charge on any atom is -0.378 e. The highest BCUT2D eigenvalue weighted by Gasteiger charge is 2.21. The molecule has 0 unspecified atom stereocenters. The molecule has 2 N–H and O–H groups in total. The molecule has 1 aliphatic heterocycles. The monoisotopic (exact) mass is 424 g/mol. The van der Waals surface area contributed by atoms with E-state index in [1.54, 1.807) is 25.4 Å². The highest BCUT2D eigenvalue weighted by molar-refractivity contribution is 7.19. The van der Waals surface area contributed by atoms with Crippen LogP contribution in [0.2, 0.25) is 0 Å². The first kappa shape index (κ1) is 20.2. The van der Waals surface area contributed by atoms with Gasteiger partial charge in [-0.1, -0.05) is 24.3 Å². The third-order valence-electron chi connectivity index (χ3n) is 4.89. The van der Waals surface area contributed by atoms with Crippen LogP contribution in [0.3, 0.4) is 0 Å². The van der Waals surface area contributed by atoms with Crippen LogP contribution in [0.1, 0.15) is 10.4 Å². The van der Waals surface area contributed by atoms with E-state index in [9.17, 15) is 4.79 Å². The molecule has 9 heteroatoms. The largest absolute Gasteiger partial charge is 0.378 e. The Hall–Kier alpha value is -3.04. The molecule has 1 aromatic carbocycles. The van der Waals surface area contributed by atoms with E-state index in [1.807, 2.05) is 30.3 Å². The minimum atomic E-state index is -0.132. The van der Waals surface area contributed by atoms with Crippen molar-refractivity contribution in [3.8, 4) is 11.4 Å². The summed E-state index contributed by atoms with van der Waals surface area (Å²) in [6.07, 6.45) is 1.33. The Morgan fingerprint density at radius 3 is 2.80 bits per heavy atom. The molecule has 1 fully saturated rings. The smallest absolute Gasteiger partial charge is 0.317 e. The fraction of sp³-hybridized carbons (Fsp3) is 0.333. The predicted octanol–water partition coefficient (Wildman–Crippen LogP) is 2.96. The molecule has 3 heterocycles. The maximum atomic E-state index is 11.9. The van der Waals surface area contributed by atoms with Gasteiger partial charge in [-0.3, -0.25) is 0 Å². The van der Waals surface area contributed by atoms with Gasteiger partial charge in [0.2, 0.25) is 0 Å². The van der Waals surface area contributed by atoms with Gasteiger partial charge in [0, 0.05) is 49.4 Å². The van der Waals surface area contributed by atoms with Crippen LogP contribution in [-0.2, 0) is 11.3 Å². The van der Waals surface area contributed by atoms with E-state index in [-0.39, 0.29) is 6.03 Å². The molecule has 4 rings (SSSR count). The Kier molecular flexibility index (Phi) is 5.91. The third kappa shape index (κ3) is 4.12. The summed E-state index contributed by atoms with van der Waals surface area (Å²) in [7, 11) is 3.44. The number of hydrogen-bond acceptors (Lipinski definition) is 7. The van der Waals surface area contributed by atoms with E-state index in [0.717, 1.165) is 45.1 Å². The highest BCUT2D eigenvalue weighted by atomic mass is 32.1. The highest BCUT2D eigenvalue weighted by Crippen LogP contribution is 2.35. The fourth-order valence-electron chi connectivity index (χ4n) is 3.31. The number of benzene rings is 1. The molecular weight excluding hydrogens is 400 g/mol. The van der Waals surface area contributed by atoms with Gasteiger partial charge in [-0.25, -0.2) is 14.8 Å². The first-order chi connectivity index (χ1) is 14.6. The third-order valence-corrected chi connectivity index (χ3v) is 6.01. The van der Waals surface area contributed by atoms with Gasteiger partial charge in [-0.2, -0.15) is 0 Å². The summed E-state index contributed by atoms with van der Waals surface area (Å²) in [4.78, 5) is 26.4. The zero-order valence-corrected chi connectivity index (χ0v) is 17.8. The summed E-state index contributed by atoms with van der Waals surface area (Å²) < 4.78 is 6.52. The lowest BCUT2D eigenvalue weighted by atomic mass is 10.1. The van der Waals surface area contributed by atoms with Crippen LogP contribution in [0, 0.1) is 5.41 Å². The number of amides is 2. The van der Waals surface area contributed by atoms with E-state index in [4.69, 9.17) is 20.1 Å². The number of morpholine rings is 1. The molecule has 30 heavy (non-hydrogen) atoms. The van der Waals surface area contributed by atoms with Crippen LogP contribution in [0.15, 0.2) is 30.3 Å². The van der Waals surface area contributed by atoms with E-state index in [2.05, 4.69) is 10.2 Å². The molecule has 1 saturated heterocycles. The summed E-state index contributed by atoms with van der Waals surface area (Å²) in [6.45, 7) is 3.29. The van der Waals surface area contributed by atoms with Crippen LogP contribution in [0.4, 0.5) is 10.6 Å². The van der Waals surface area contributed by atoms with Crippen LogP contribution in [-0.4, -0.2) is 67.5 Å². The Morgan fingerprint density at radius 2 is 2.07 bits per heavy atom. The second-order valence-corrected chi connectivity index (χ2v) is 8.32. The fourth-order valence-corrected chi connectivity index (χ4v) is 4.36. The second-order valence-electron chi connectivity index (χ2n) is 7.18. The maximum Gasteiger partial charge on any atom is 0.317 e. The quantitative estimate of drug-likeness (QED) is 0.614. The van der Waals surface area contributed by atoms with E-state index < -0.39 is 0 Å². The Labute approximate surface area is 179 Å². The molecule has 1 aliphatic rings. The average molecular weight is 425 g/mol. The average Bonchev–Trinajstić information content (AvgIpc) is 3.20. The number of thiophene rings is 1. The number of aromatic nitrogens is 2. The van der Waals surface area contributed by atoms with Gasteiger partial charge in [0.25, 0.3) is 0 Å². The number of anilines is 1. The molecule has 3 aromatic rings. The molecular formula is C21H24N6O2S. The molecule has 2 aromatic heterocycles. The van der Waals surface area contributed by atoms with Crippen molar-refractivity contribution in [2.24, 2.45) is 0 Å². The van der Waals surface area contributed by atoms with Gasteiger partial charge in [0.1, 0.15) is 0 Å². The van der Waals surface area contributed by atoms with Gasteiger partial charge in [-0.15, -0.1) is 11.3 Å². The van der Waals surface area contributed by atoms with E-state index >= 15 is 0 Å². The zero-order valence-electron chi connectivity index (χ0n) is 17.0. The van der Waals surface area contributed by atoms with Gasteiger partial charge in [-0.05, 0) is 6.07 Å². The van der Waals surface area contributed by atoms with Crippen molar-refractivity contribution in [3.05, 3.63) is 40.8 Å². The number of carbonyl (C=O) groups excluding carboxylic acids is 1. The van der Waals surface area contributed by atoms with Crippen molar-refractivity contribution < 1.29 is 9.53 Å². The standard InChI is InChI=1S/C21H24N6O2S/c1-26(2)21(28)23-13-15-11-17-18(30-15)20(27-7-9-29-10-8-27)25-19(24-17)16-6-4-3-5-14(16)12-22/h3-6,11-12,22H,7-10,13H2,1-2H3,(H,23,28). The van der Waals surface area contributed by atoms with Crippen molar-refractivity contribution in [1.29, 1.82) is 5.41 Å². The number of ether oxygens (including phenoxy) is 1. The summed E-state index contributed by atoms with van der Waals surface area (Å²) >= 11 is 1.60. The van der Waals surface area contributed by atoms with Gasteiger partial charge >= 0.3 is 6.03 Å². The summed E-state index contributed by atoms with van der Waals surface area (Å²) in [6, 6.07) is 9.54. The zero-order chi connectivity index (χ0) is 21.1. The van der Waals surface area contributed by atoms with Gasteiger partial charge in [0.05, 0.1) is 30.0 Å². The van der Waals surface area contributed by atoms with Crippen LogP contribution >= 0.6 is 11.3 Å². The van der Waals surface area contributed by atoms with Crippen molar-refractivity contribution in [2.75, 3.05) is 45.3 Å². The first-order valence-electron chi connectivity index (χ1n) is 9.75. The number of carbonyl (C=O) groups is 1. The molecule has 0 saturated carbocycles. The maximum absolute atomic E-state index is 11.9. The number of hydrogen-bond donors (Lipinski definition) is 2. The number of rotatable bonds is 5. The van der Waals surface area contributed by atoms with Crippen molar-refractivity contribution in [3.63, 3.8) is 0 Å². The Bertz CT molecular complexity index is 1070. The lowest BCUT2D eigenvalue weighted by molar-refractivity contribution is 0.122. The number of fused-ring (bicyclic) bond motifs is 1. The first-order valence-corrected chi connectivity index (χ1v) is 10.6. The van der Waals surface area contributed by atoms with Crippen LogP contribution < -0.4 is 10.2 Å². The summed E-state index contributed by atoms with van der Waals surface area (Å²) in [5.41, 5.74) is 2.46. The Balaban J connectivity index is 1.78. The topological polar surface area (TPSA) is 94.4 Å². The SMILES string of the molecule is CN(C)C(=O)NCc1cc2nc(-c3ccccc3C=N)nc(N3CCOCC3)c2s1. The molecule has 0 spiro atoms. The molecule has 0 bridgehead atoms. The Morgan fingerprint density at radius 1 is 1.30 bits per heavy atom. The van der Waals surface area contributed by atoms with Crippen LogP contribution in [0.25, 0.3) is 21.6 Å². The molecule has 0 aliphatic carbocycles. The van der Waals surface area contributed by atoms with E-state index in [1.165, 1.54) is 11.1 Å². The number of nitrogens with zero attached hydrogens (tertiary/aromatic N) is 4. The van der Waals surface area contributed by atoms with E-state index in [0.29, 0.717) is 25.6 Å². The van der Waals surface area contributed by atoms with Gasteiger partial charge in [0.15, 0.2) is 11.6 Å². The van der Waals surface area contributed by atoms with Crippen LogP contribution in [0.5, 0.6) is 0 Å². The lowest BCUT2D eigenvalue weighted by Crippen LogP contribution is -2.36. The molecule has 156 valence electrons. The molecule has 8 nitrogen and oxygen atoms in total. The number of nitrogens with one attached hydrogen (secondary N) is 2. The second kappa shape index (κ2) is 8.76. The molecule has 0 atom stereocenters. The van der Waals surface area contributed by atoms with Crippen molar-refractivity contribution >= 4 is 39.6 Å². The van der Waals surface area contributed by atoms with Crippen molar-refractivity contribution in [2.45, 2.75) is 6.54 Å². The summed E-state index contributed by atoms with van der Waals surface area (Å²) in [5, 5.41) is 10.6. The minimum absolute atomic E-state index is 0.132. The normalized spacial score (nSPS) is 14.0. The molecule has 2 amide bonds.